The summed E-state index contributed by atoms with van der Waals surface area (Å²) in [7, 11) is 4.03. The van der Waals surface area contributed by atoms with E-state index in [0.29, 0.717) is 25.1 Å². The molecule has 1 aliphatic heterocycles. The summed E-state index contributed by atoms with van der Waals surface area (Å²) in [6, 6.07) is 2.40. The molecule has 20 heavy (non-hydrogen) atoms. The number of nitrogens with one attached hydrogen (secondary N) is 2. The first kappa shape index (κ1) is 15.0. The van der Waals surface area contributed by atoms with Gasteiger partial charge in [-0.1, -0.05) is 0 Å². The van der Waals surface area contributed by atoms with Gasteiger partial charge in [-0.2, -0.15) is 0 Å². The van der Waals surface area contributed by atoms with Crippen LogP contribution in [0.25, 0.3) is 0 Å². The van der Waals surface area contributed by atoms with Crippen molar-refractivity contribution in [1.82, 2.24) is 14.9 Å². The molecule has 2 rings (SSSR count). The van der Waals surface area contributed by atoms with Crippen LogP contribution in [-0.4, -0.2) is 54.7 Å². The highest BCUT2D eigenvalue weighted by molar-refractivity contribution is 5.47. The largest absolute Gasteiger partial charge is 0.374 e. The topological polar surface area (TPSA) is 62.3 Å². The van der Waals surface area contributed by atoms with Gasteiger partial charge in [-0.15, -0.1) is 0 Å². The quantitative estimate of drug-likeness (QED) is 0.824. The number of rotatable bonds is 6. The van der Waals surface area contributed by atoms with E-state index in [0.717, 1.165) is 18.2 Å². The zero-order valence-electron chi connectivity index (χ0n) is 12.6. The van der Waals surface area contributed by atoms with Crippen molar-refractivity contribution in [3.8, 4) is 0 Å². The number of piperidine rings is 1. The lowest BCUT2D eigenvalue weighted by atomic mass is 10.1. The molecule has 2 N–H and O–H groups in total. The molecular weight excluding hydrogens is 254 g/mol. The SMILES string of the molecule is CCOCc1nc(NC)cc(NC2CCCN(C)C2)n1. The van der Waals surface area contributed by atoms with Gasteiger partial charge in [0, 0.05) is 32.3 Å². The third kappa shape index (κ3) is 4.31. The first-order valence-electron chi connectivity index (χ1n) is 7.29. The van der Waals surface area contributed by atoms with Crippen LogP contribution in [-0.2, 0) is 11.3 Å². The smallest absolute Gasteiger partial charge is 0.158 e. The van der Waals surface area contributed by atoms with Crippen LogP contribution in [0.15, 0.2) is 6.07 Å². The maximum absolute atomic E-state index is 5.39. The molecule has 1 saturated heterocycles. The summed E-state index contributed by atoms with van der Waals surface area (Å²) in [6.45, 7) is 5.33. The van der Waals surface area contributed by atoms with E-state index in [9.17, 15) is 0 Å². The summed E-state index contributed by atoms with van der Waals surface area (Å²) in [5, 5.41) is 6.59. The zero-order chi connectivity index (χ0) is 14.4. The lowest BCUT2D eigenvalue weighted by Gasteiger charge is -2.30. The van der Waals surface area contributed by atoms with E-state index in [1.165, 1.54) is 19.4 Å². The molecule has 1 fully saturated rings. The van der Waals surface area contributed by atoms with E-state index in [2.05, 4.69) is 32.5 Å². The number of likely N-dealkylation sites (tertiary alicyclic amines) is 1. The van der Waals surface area contributed by atoms with E-state index in [1.807, 2.05) is 20.0 Å². The molecule has 0 aliphatic carbocycles. The van der Waals surface area contributed by atoms with Gasteiger partial charge in [0.1, 0.15) is 18.2 Å². The van der Waals surface area contributed by atoms with Crippen LogP contribution in [0.1, 0.15) is 25.6 Å². The molecule has 1 atom stereocenters. The third-order valence-electron chi connectivity index (χ3n) is 3.44. The monoisotopic (exact) mass is 279 g/mol. The second kappa shape index (κ2) is 7.40. The maximum Gasteiger partial charge on any atom is 0.158 e. The summed E-state index contributed by atoms with van der Waals surface area (Å²) in [6.07, 6.45) is 2.41. The molecule has 0 radical (unpaired) electrons. The number of likely N-dealkylation sites (N-methyl/N-ethyl adjacent to an activating group) is 1. The molecule has 6 nitrogen and oxygen atoms in total. The highest BCUT2D eigenvalue weighted by Gasteiger charge is 2.17. The van der Waals surface area contributed by atoms with Crippen molar-refractivity contribution < 1.29 is 4.74 Å². The first-order valence-corrected chi connectivity index (χ1v) is 7.29. The van der Waals surface area contributed by atoms with Gasteiger partial charge in [0.15, 0.2) is 5.82 Å². The van der Waals surface area contributed by atoms with Crippen LogP contribution in [0.4, 0.5) is 11.6 Å². The van der Waals surface area contributed by atoms with Crippen molar-refractivity contribution >= 4 is 11.6 Å². The minimum absolute atomic E-state index is 0.450. The fraction of sp³-hybridized carbons (Fsp3) is 0.714. The number of aromatic nitrogens is 2. The Bertz CT molecular complexity index is 426. The van der Waals surface area contributed by atoms with E-state index in [4.69, 9.17) is 4.74 Å². The Morgan fingerprint density at radius 3 is 2.90 bits per heavy atom. The highest BCUT2D eigenvalue weighted by atomic mass is 16.5. The Hall–Kier alpha value is -1.40. The Balaban J connectivity index is 2.05. The maximum atomic E-state index is 5.39. The predicted octanol–water partition coefficient (Wildman–Crippen LogP) is 1.56. The van der Waals surface area contributed by atoms with E-state index in [1.54, 1.807) is 0 Å². The van der Waals surface area contributed by atoms with E-state index >= 15 is 0 Å². The van der Waals surface area contributed by atoms with Crippen molar-refractivity contribution in [3.63, 3.8) is 0 Å². The Morgan fingerprint density at radius 1 is 1.40 bits per heavy atom. The lowest BCUT2D eigenvalue weighted by Crippen LogP contribution is -2.40. The molecule has 1 aliphatic rings. The van der Waals surface area contributed by atoms with Crippen molar-refractivity contribution in [2.75, 3.05) is 44.4 Å². The number of hydrogen-bond acceptors (Lipinski definition) is 6. The van der Waals surface area contributed by atoms with Crippen LogP contribution in [0.5, 0.6) is 0 Å². The van der Waals surface area contributed by atoms with Crippen LogP contribution < -0.4 is 10.6 Å². The minimum atomic E-state index is 0.450. The van der Waals surface area contributed by atoms with Crippen LogP contribution in [0.3, 0.4) is 0 Å². The molecular formula is C14H25N5O. The van der Waals surface area contributed by atoms with Gasteiger partial charge < -0.3 is 20.3 Å². The number of anilines is 2. The first-order chi connectivity index (χ1) is 9.71. The molecule has 0 spiro atoms. The second-order valence-corrected chi connectivity index (χ2v) is 5.19. The predicted molar refractivity (Wildman–Crippen MR) is 81.1 cm³/mol. The zero-order valence-corrected chi connectivity index (χ0v) is 12.6. The molecule has 1 aromatic rings. The van der Waals surface area contributed by atoms with Gasteiger partial charge >= 0.3 is 0 Å². The van der Waals surface area contributed by atoms with Crippen LogP contribution in [0, 0.1) is 0 Å². The van der Waals surface area contributed by atoms with Crippen LogP contribution in [0.2, 0.25) is 0 Å². The molecule has 0 saturated carbocycles. The molecule has 2 heterocycles. The average Bonchev–Trinajstić information content (AvgIpc) is 2.45. The summed E-state index contributed by atoms with van der Waals surface area (Å²) in [4.78, 5) is 11.3. The standard InChI is InChI=1S/C14H25N5O/c1-4-20-10-14-17-12(15-2)8-13(18-14)16-11-6-5-7-19(3)9-11/h8,11H,4-7,9-10H2,1-3H3,(H2,15,16,17,18). The molecule has 0 bridgehead atoms. The summed E-state index contributed by atoms with van der Waals surface area (Å²) in [5.74, 6) is 2.41. The lowest BCUT2D eigenvalue weighted by molar-refractivity contribution is 0.128. The van der Waals surface area contributed by atoms with Crippen LogP contribution >= 0.6 is 0 Å². The fourth-order valence-corrected chi connectivity index (χ4v) is 2.45. The van der Waals surface area contributed by atoms with Crippen molar-refractivity contribution in [3.05, 3.63) is 11.9 Å². The van der Waals surface area contributed by atoms with Gasteiger partial charge in [-0.3, -0.25) is 0 Å². The number of nitrogens with zero attached hydrogens (tertiary/aromatic N) is 3. The van der Waals surface area contributed by atoms with Gasteiger partial charge in [-0.25, -0.2) is 9.97 Å². The van der Waals surface area contributed by atoms with Gasteiger partial charge in [0.2, 0.25) is 0 Å². The Morgan fingerprint density at radius 2 is 2.20 bits per heavy atom. The van der Waals surface area contributed by atoms with Crippen molar-refractivity contribution in [2.24, 2.45) is 0 Å². The van der Waals surface area contributed by atoms with Gasteiger partial charge in [0.05, 0.1) is 0 Å². The summed E-state index contributed by atoms with van der Waals surface area (Å²) >= 11 is 0. The second-order valence-electron chi connectivity index (χ2n) is 5.19. The van der Waals surface area contributed by atoms with E-state index in [-0.39, 0.29) is 0 Å². The number of ether oxygens (including phenoxy) is 1. The van der Waals surface area contributed by atoms with Crippen molar-refractivity contribution in [2.45, 2.75) is 32.4 Å². The van der Waals surface area contributed by atoms with Crippen molar-refractivity contribution in [1.29, 1.82) is 0 Å². The molecule has 6 heteroatoms. The minimum Gasteiger partial charge on any atom is -0.374 e. The van der Waals surface area contributed by atoms with E-state index < -0.39 is 0 Å². The average molecular weight is 279 g/mol. The summed E-state index contributed by atoms with van der Waals surface area (Å²) < 4.78 is 5.39. The molecule has 1 unspecified atom stereocenters. The molecule has 1 aromatic heterocycles. The number of hydrogen-bond donors (Lipinski definition) is 2. The van der Waals surface area contributed by atoms with Gasteiger partial charge in [-0.05, 0) is 33.4 Å². The fourth-order valence-electron chi connectivity index (χ4n) is 2.45. The third-order valence-corrected chi connectivity index (χ3v) is 3.44. The molecule has 112 valence electrons. The van der Waals surface area contributed by atoms with Gasteiger partial charge in [0.25, 0.3) is 0 Å². The molecule has 0 amide bonds. The Labute approximate surface area is 120 Å². The normalized spacial score (nSPS) is 19.9. The highest BCUT2D eigenvalue weighted by Crippen LogP contribution is 2.16. The Kier molecular flexibility index (Phi) is 5.55. The summed E-state index contributed by atoms with van der Waals surface area (Å²) in [5.41, 5.74) is 0. The molecule has 0 aromatic carbocycles.